The Kier molecular flexibility index (Phi) is 14.3. The Morgan fingerprint density at radius 1 is 1.03 bits per heavy atom. The van der Waals surface area contributed by atoms with Crippen LogP contribution in [0.1, 0.15) is 27.0 Å². The Labute approximate surface area is 190 Å². The molecular weight excluding hydrogens is 411 g/mol. The van der Waals surface area contributed by atoms with E-state index < -0.39 is 5.91 Å². The molecule has 176 valence electrons. The molecule has 0 spiro atoms. The highest BCUT2D eigenvalue weighted by Crippen LogP contribution is 2.16. The molecule has 8 heteroatoms. The summed E-state index contributed by atoms with van der Waals surface area (Å²) < 4.78 is 18.0. The predicted octanol–water partition coefficient (Wildman–Crippen LogP) is 2.58. The van der Waals surface area contributed by atoms with Gasteiger partial charge < -0.3 is 25.4 Å². The Bertz CT molecular complexity index is 860. The molecule has 32 heavy (non-hydrogen) atoms. The van der Waals surface area contributed by atoms with E-state index in [0.717, 1.165) is 24.2 Å². The largest absolute Gasteiger partial charge is 0.492 e. The van der Waals surface area contributed by atoms with E-state index in [0.29, 0.717) is 23.5 Å². The van der Waals surface area contributed by atoms with Crippen LogP contribution in [0.2, 0.25) is 0 Å². The Balaban J connectivity index is 0.000000511. The molecule has 1 amide bonds. The van der Waals surface area contributed by atoms with Crippen LogP contribution in [0.4, 0.5) is 4.39 Å². The molecule has 0 aliphatic carbocycles. The van der Waals surface area contributed by atoms with Crippen LogP contribution in [0, 0.1) is 31.0 Å². The van der Waals surface area contributed by atoms with Crippen molar-refractivity contribution in [3.05, 3.63) is 64.5 Å². The van der Waals surface area contributed by atoms with Gasteiger partial charge >= 0.3 is 0 Å². The van der Waals surface area contributed by atoms with Gasteiger partial charge in [-0.1, -0.05) is 0 Å². The SMILES string of the molecule is CN(C)CCO.Cc1cc(F)cc(C#N)c1.Cc1cc(OCCN(C)C)cc(C(N)=O)c1. The summed E-state index contributed by atoms with van der Waals surface area (Å²) in [6.45, 7) is 6.11. The van der Waals surface area contributed by atoms with E-state index in [-0.39, 0.29) is 12.4 Å². The normalized spacial score (nSPS) is 9.91. The van der Waals surface area contributed by atoms with Crippen molar-refractivity contribution in [2.75, 3.05) is 54.5 Å². The molecular formula is C24H35FN4O3. The van der Waals surface area contributed by atoms with Crippen LogP contribution in [0.5, 0.6) is 5.75 Å². The zero-order valence-corrected chi connectivity index (χ0v) is 19.9. The van der Waals surface area contributed by atoms with Crippen LogP contribution in [0.15, 0.2) is 36.4 Å². The second-order valence-corrected chi connectivity index (χ2v) is 7.71. The number of carbonyl (C=O) groups excluding carboxylic acids is 1. The first-order chi connectivity index (χ1) is 15.0. The van der Waals surface area contributed by atoms with Gasteiger partial charge in [-0.3, -0.25) is 4.79 Å². The molecule has 7 nitrogen and oxygen atoms in total. The molecule has 0 aliphatic rings. The number of nitrogens with two attached hydrogens (primary N) is 1. The lowest BCUT2D eigenvalue weighted by molar-refractivity contribution is 0.0999. The maximum atomic E-state index is 12.5. The average Bonchev–Trinajstić information content (AvgIpc) is 2.67. The Morgan fingerprint density at radius 3 is 2.06 bits per heavy atom. The monoisotopic (exact) mass is 446 g/mol. The first-order valence-electron chi connectivity index (χ1n) is 10.1. The summed E-state index contributed by atoms with van der Waals surface area (Å²) in [5.41, 5.74) is 7.83. The zero-order chi connectivity index (χ0) is 24.7. The summed E-state index contributed by atoms with van der Waals surface area (Å²) in [5.74, 6) is -0.0895. The molecule has 0 saturated carbocycles. The van der Waals surface area contributed by atoms with Crippen molar-refractivity contribution in [1.82, 2.24) is 9.80 Å². The van der Waals surface area contributed by atoms with Crippen molar-refractivity contribution in [2.24, 2.45) is 5.73 Å². The molecule has 2 aromatic carbocycles. The van der Waals surface area contributed by atoms with Gasteiger partial charge in [-0.15, -0.1) is 0 Å². The van der Waals surface area contributed by atoms with Crippen molar-refractivity contribution in [3.8, 4) is 11.8 Å². The van der Waals surface area contributed by atoms with Crippen molar-refractivity contribution in [3.63, 3.8) is 0 Å². The molecule has 0 aliphatic heterocycles. The van der Waals surface area contributed by atoms with Crippen molar-refractivity contribution in [1.29, 1.82) is 5.26 Å². The van der Waals surface area contributed by atoms with E-state index in [2.05, 4.69) is 0 Å². The highest BCUT2D eigenvalue weighted by Gasteiger charge is 2.04. The quantitative estimate of drug-likeness (QED) is 0.678. The number of halogens is 1. The van der Waals surface area contributed by atoms with Crippen molar-refractivity contribution >= 4 is 5.91 Å². The fourth-order valence-electron chi connectivity index (χ4n) is 2.32. The lowest BCUT2D eigenvalue weighted by Crippen LogP contribution is -2.19. The smallest absolute Gasteiger partial charge is 0.248 e. The van der Waals surface area contributed by atoms with Crippen molar-refractivity contribution in [2.45, 2.75) is 13.8 Å². The van der Waals surface area contributed by atoms with Gasteiger partial charge in [0.15, 0.2) is 0 Å². The number of hydrogen-bond donors (Lipinski definition) is 2. The number of aliphatic hydroxyl groups excluding tert-OH is 1. The predicted molar refractivity (Wildman–Crippen MR) is 125 cm³/mol. The standard InChI is InChI=1S/C12H18N2O2.C8H6FN.C4H11NO/c1-9-6-10(12(13)15)8-11(7-9)16-5-4-14(2)3;1-6-2-7(5-10)4-8(9)3-6;1-5(2)3-4-6/h6-8H,4-5H2,1-3H3,(H2,13,15);2-4H,1H3;6H,3-4H2,1-2H3. The number of nitrogens with zero attached hydrogens (tertiary/aromatic N) is 3. The second kappa shape index (κ2) is 15.8. The summed E-state index contributed by atoms with van der Waals surface area (Å²) in [4.78, 5) is 15.0. The number of hydrogen-bond acceptors (Lipinski definition) is 6. The Hall–Kier alpha value is -2.99. The summed E-state index contributed by atoms with van der Waals surface area (Å²) >= 11 is 0. The Morgan fingerprint density at radius 2 is 1.62 bits per heavy atom. The minimum Gasteiger partial charge on any atom is -0.492 e. The van der Waals surface area contributed by atoms with Crippen LogP contribution in [-0.2, 0) is 0 Å². The van der Waals surface area contributed by atoms with Crippen molar-refractivity contribution < 1.29 is 19.0 Å². The molecule has 0 radical (unpaired) electrons. The molecule has 0 atom stereocenters. The summed E-state index contributed by atoms with van der Waals surface area (Å²) in [5, 5.41) is 16.6. The highest BCUT2D eigenvalue weighted by atomic mass is 19.1. The lowest BCUT2D eigenvalue weighted by Gasteiger charge is -2.12. The van der Waals surface area contributed by atoms with Gasteiger partial charge in [0.25, 0.3) is 0 Å². The minimum absolute atomic E-state index is 0.257. The fourth-order valence-corrected chi connectivity index (χ4v) is 2.32. The molecule has 2 rings (SSSR count). The summed E-state index contributed by atoms with van der Waals surface area (Å²) in [6, 6.07) is 11.4. The van der Waals surface area contributed by atoms with E-state index in [4.69, 9.17) is 20.8 Å². The van der Waals surface area contributed by atoms with Crippen LogP contribution < -0.4 is 10.5 Å². The summed E-state index contributed by atoms with van der Waals surface area (Å²) in [7, 11) is 7.81. The van der Waals surface area contributed by atoms with Crippen LogP contribution in [0.3, 0.4) is 0 Å². The van der Waals surface area contributed by atoms with E-state index >= 15 is 0 Å². The molecule has 2 aromatic rings. The number of carbonyl (C=O) groups is 1. The van der Waals surface area contributed by atoms with Gasteiger partial charge in [-0.25, -0.2) is 4.39 Å². The molecule has 3 N–H and O–H groups in total. The second-order valence-electron chi connectivity index (χ2n) is 7.71. The third-order valence-electron chi connectivity index (χ3n) is 3.86. The number of amides is 1. The molecule has 0 fully saturated rings. The molecule has 0 aromatic heterocycles. The number of aliphatic hydroxyl groups is 1. The van der Waals surface area contributed by atoms with Gasteiger partial charge in [-0.2, -0.15) is 5.26 Å². The number of rotatable bonds is 7. The van der Waals surface area contributed by atoms with Crippen LogP contribution in [-0.4, -0.2) is 75.3 Å². The topological polar surface area (TPSA) is 103 Å². The summed E-state index contributed by atoms with van der Waals surface area (Å²) in [6.07, 6.45) is 0. The third kappa shape index (κ3) is 14.1. The lowest BCUT2D eigenvalue weighted by atomic mass is 10.1. The van der Waals surface area contributed by atoms with E-state index in [1.807, 2.05) is 57.0 Å². The third-order valence-corrected chi connectivity index (χ3v) is 3.86. The van der Waals surface area contributed by atoms with Crippen LogP contribution in [0.25, 0.3) is 0 Å². The fraction of sp³-hybridized carbons (Fsp3) is 0.417. The maximum absolute atomic E-state index is 12.5. The number of nitriles is 1. The van der Waals surface area contributed by atoms with Gasteiger partial charge in [0.1, 0.15) is 18.2 Å². The number of aryl methyl sites for hydroxylation is 2. The first kappa shape index (κ1) is 29.0. The van der Waals surface area contributed by atoms with Gasteiger partial charge in [0, 0.05) is 18.7 Å². The molecule has 0 heterocycles. The van der Waals surface area contributed by atoms with Gasteiger partial charge in [0.2, 0.25) is 5.91 Å². The van der Waals surface area contributed by atoms with E-state index in [9.17, 15) is 9.18 Å². The number of primary amides is 1. The van der Waals surface area contributed by atoms with E-state index in [1.54, 1.807) is 25.1 Å². The number of benzene rings is 2. The van der Waals surface area contributed by atoms with E-state index in [1.165, 1.54) is 12.1 Å². The molecule has 0 saturated heterocycles. The molecule has 0 unspecified atom stereocenters. The highest BCUT2D eigenvalue weighted by molar-refractivity contribution is 5.93. The average molecular weight is 447 g/mol. The first-order valence-corrected chi connectivity index (χ1v) is 10.1. The molecule has 0 bridgehead atoms. The number of likely N-dealkylation sites (N-methyl/N-ethyl adjacent to an activating group) is 2. The minimum atomic E-state index is -0.429. The van der Waals surface area contributed by atoms with Gasteiger partial charge in [0.05, 0.1) is 18.2 Å². The zero-order valence-electron chi connectivity index (χ0n) is 19.9. The number of ether oxygens (including phenoxy) is 1. The van der Waals surface area contributed by atoms with Crippen LogP contribution >= 0.6 is 0 Å². The van der Waals surface area contributed by atoms with Gasteiger partial charge in [-0.05, 0) is 89.6 Å². The maximum Gasteiger partial charge on any atom is 0.248 e.